The number of nitrogens with zero attached hydrogens (tertiary/aromatic N) is 2. The molecule has 1 aliphatic heterocycles. The summed E-state index contributed by atoms with van der Waals surface area (Å²) in [5.74, 6) is 0.785. The Morgan fingerprint density at radius 3 is 2.81 bits per heavy atom. The third-order valence-electron chi connectivity index (χ3n) is 4.80. The van der Waals surface area contributed by atoms with E-state index in [9.17, 15) is 9.90 Å². The van der Waals surface area contributed by atoms with Crippen molar-refractivity contribution in [3.63, 3.8) is 0 Å². The van der Waals surface area contributed by atoms with Gasteiger partial charge >= 0.3 is 0 Å². The van der Waals surface area contributed by atoms with Crippen molar-refractivity contribution in [3.05, 3.63) is 65.4 Å². The fraction of sp³-hybridized carbons (Fsp3) is 0.238. The number of amides is 1. The molecule has 0 spiro atoms. The number of H-pyrrole nitrogens is 1. The van der Waals surface area contributed by atoms with E-state index in [2.05, 4.69) is 17.1 Å². The van der Waals surface area contributed by atoms with Crippen LogP contribution >= 0.6 is 0 Å². The highest BCUT2D eigenvalue weighted by Crippen LogP contribution is 2.44. The van der Waals surface area contributed by atoms with Crippen LogP contribution in [-0.2, 0) is 0 Å². The summed E-state index contributed by atoms with van der Waals surface area (Å²) >= 11 is 0. The molecule has 1 amide bonds. The number of aromatic hydroxyl groups is 1. The molecule has 0 aliphatic carbocycles. The highest BCUT2D eigenvalue weighted by molar-refractivity contribution is 6.00. The Kier molecular flexibility index (Phi) is 4.32. The van der Waals surface area contributed by atoms with E-state index in [0.29, 0.717) is 23.6 Å². The molecule has 0 bridgehead atoms. The lowest BCUT2D eigenvalue weighted by Gasteiger charge is -2.22. The van der Waals surface area contributed by atoms with E-state index < -0.39 is 0 Å². The normalized spacial score (nSPS) is 15.9. The number of rotatable bonds is 5. The Morgan fingerprint density at radius 2 is 2.04 bits per heavy atom. The minimum Gasteiger partial charge on any atom is -0.507 e. The molecule has 0 unspecified atom stereocenters. The van der Waals surface area contributed by atoms with Crippen LogP contribution < -0.4 is 4.74 Å². The number of nitrogens with one attached hydrogen (secondary N) is 1. The molecule has 138 valence electrons. The molecule has 6 nitrogen and oxygen atoms in total. The Bertz CT molecular complexity index is 996. The minimum absolute atomic E-state index is 0.121. The molecular weight excluding hydrogens is 342 g/mol. The summed E-state index contributed by atoms with van der Waals surface area (Å²) in [6.45, 7) is 2.70. The van der Waals surface area contributed by atoms with Crippen molar-refractivity contribution in [2.45, 2.75) is 19.4 Å². The van der Waals surface area contributed by atoms with Crippen molar-refractivity contribution in [1.82, 2.24) is 15.1 Å². The van der Waals surface area contributed by atoms with Crippen LogP contribution in [0.3, 0.4) is 0 Å². The number of hydrogen-bond acceptors (Lipinski definition) is 4. The Morgan fingerprint density at radius 1 is 1.22 bits per heavy atom. The maximum atomic E-state index is 12.7. The van der Waals surface area contributed by atoms with Crippen molar-refractivity contribution in [2.24, 2.45) is 0 Å². The van der Waals surface area contributed by atoms with E-state index in [1.165, 1.54) is 0 Å². The predicted molar refractivity (Wildman–Crippen MR) is 102 cm³/mol. The molecule has 27 heavy (non-hydrogen) atoms. The molecule has 0 radical (unpaired) electrons. The topological polar surface area (TPSA) is 78.5 Å². The maximum absolute atomic E-state index is 12.7. The highest BCUT2D eigenvalue weighted by Gasteiger charge is 2.40. The summed E-state index contributed by atoms with van der Waals surface area (Å²) in [6, 6.07) is 14.5. The lowest BCUT2D eigenvalue weighted by Crippen LogP contribution is -2.24. The first kappa shape index (κ1) is 17.1. The van der Waals surface area contributed by atoms with E-state index in [1.807, 2.05) is 30.3 Å². The second-order valence-corrected chi connectivity index (χ2v) is 6.62. The van der Waals surface area contributed by atoms with Crippen molar-refractivity contribution >= 4 is 5.91 Å². The third kappa shape index (κ3) is 2.83. The van der Waals surface area contributed by atoms with Crippen LogP contribution in [-0.4, -0.2) is 39.8 Å². The van der Waals surface area contributed by atoms with Crippen LogP contribution in [0.15, 0.2) is 48.5 Å². The van der Waals surface area contributed by atoms with Gasteiger partial charge in [0.05, 0.1) is 12.6 Å². The van der Waals surface area contributed by atoms with Gasteiger partial charge in [-0.25, -0.2) is 0 Å². The fourth-order valence-corrected chi connectivity index (χ4v) is 3.53. The van der Waals surface area contributed by atoms with Gasteiger partial charge in [-0.2, -0.15) is 5.10 Å². The summed E-state index contributed by atoms with van der Waals surface area (Å²) in [6.07, 6.45) is 0.926. The Hall–Kier alpha value is -3.28. The van der Waals surface area contributed by atoms with Crippen molar-refractivity contribution < 1.29 is 14.6 Å². The number of fused-ring (bicyclic) bond motifs is 1. The molecule has 1 aliphatic rings. The SMILES string of the molecule is CCCOc1cccc([C@H]2c3c(-c4ccccc4O)n[nH]c3C(=O)N2C)c1. The first-order valence-electron chi connectivity index (χ1n) is 8.98. The van der Waals surface area contributed by atoms with Gasteiger partial charge in [0.25, 0.3) is 5.91 Å². The Labute approximate surface area is 157 Å². The van der Waals surface area contributed by atoms with Gasteiger partial charge in [0.1, 0.15) is 22.9 Å². The zero-order chi connectivity index (χ0) is 19.0. The second-order valence-electron chi connectivity index (χ2n) is 6.62. The zero-order valence-corrected chi connectivity index (χ0v) is 15.3. The monoisotopic (exact) mass is 363 g/mol. The lowest BCUT2D eigenvalue weighted by atomic mass is 9.96. The van der Waals surface area contributed by atoms with Gasteiger partial charge in [-0.05, 0) is 36.2 Å². The van der Waals surface area contributed by atoms with Gasteiger partial charge in [0.2, 0.25) is 0 Å². The smallest absolute Gasteiger partial charge is 0.272 e. The third-order valence-corrected chi connectivity index (χ3v) is 4.80. The standard InChI is InChI=1S/C21H21N3O3/c1-3-11-27-14-8-6-7-13(12-14)20-17-18(15-9-4-5-10-16(15)25)22-23-19(17)21(26)24(20)2/h4-10,12,20,25H,3,11H2,1-2H3,(H,22,23)/t20-/m0/s1. The summed E-state index contributed by atoms with van der Waals surface area (Å²) in [7, 11) is 1.77. The van der Waals surface area contributed by atoms with Gasteiger partial charge in [-0.3, -0.25) is 9.89 Å². The Balaban J connectivity index is 1.83. The molecule has 1 atom stereocenters. The summed E-state index contributed by atoms with van der Waals surface area (Å²) in [4.78, 5) is 14.4. The highest BCUT2D eigenvalue weighted by atomic mass is 16.5. The number of carbonyl (C=O) groups is 1. The van der Waals surface area contributed by atoms with Gasteiger partial charge in [0.15, 0.2) is 0 Å². The predicted octanol–water partition coefficient (Wildman–Crippen LogP) is 3.75. The molecule has 3 aromatic rings. The summed E-state index contributed by atoms with van der Waals surface area (Å²) < 4.78 is 5.75. The number of hydrogen-bond donors (Lipinski definition) is 2. The van der Waals surface area contributed by atoms with E-state index >= 15 is 0 Å². The maximum Gasteiger partial charge on any atom is 0.272 e. The van der Waals surface area contributed by atoms with Crippen molar-refractivity contribution in [3.8, 4) is 22.8 Å². The molecule has 0 saturated heterocycles. The van der Waals surface area contributed by atoms with Crippen molar-refractivity contribution in [2.75, 3.05) is 13.7 Å². The molecule has 4 rings (SSSR count). The number of benzene rings is 2. The molecule has 0 fully saturated rings. The first-order chi connectivity index (χ1) is 13.1. The second kappa shape index (κ2) is 6.79. The van der Waals surface area contributed by atoms with Gasteiger partial charge < -0.3 is 14.7 Å². The van der Waals surface area contributed by atoms with Gasteiger partial charge in [-0.1, -0.05) is 31.2 Å². The van der Waals surface area contributed by atoms with Crippen LogP contribution in [0.5, 0.6) is 11.5 Å². The summed E-state index contributed by atoms with van der Waals surface area (Å²) in [5, 5.41) is 17.5. The van der Waals surface area contributed by atoms with Crippen LogP contribution in [0.1, 0.15) is 41.0 Å². The molecule has 2 N–H and O–H groups in total. The number of phenolic OH excluding ortho intramolecular Hbond substituents is 1. The van der Waals surface area contributed by atoms with E-state index in [-0.39, 0.29) is 17.7 Å². The molecule has 1 aromatic heterocycles. The largest absolute Gasteiger partial charge is 0.507 e. The van der Waals surface area contributed by atoms with E-state index in [4.69, 9.17) is 4.74 Å². The lowest BCUT2D eigenvalue weighted by molar-refractivity contribution is 0.0787. The van der Waals surface area contributed by atoms with E-state index in [0.717, 1.165) is 23.3 Å². The minimum atomic E-state index is -0.300. The van der Waals surface area contributed by atoms with Gasteiger partial charge in [0, 0.05) is 18.2 Å². The molecule has 0 saturated carbocycles. The number of phenols is 1. The molecular formula is C21H21N3O3. The number of para-hydroxylation sites is 1. The van der Waals surface area contributed by atoms with Crippen LogP contribution in [0.25, 0.3) is 11.3 Å². The van der Waals surface area contributed by atoms with Crippen molar-refractivity contribution in [1.29, 1.82) is 0 Å². The zero-order valence-electron chi connectivity index (χ0n) is 15.3. The number of carbonyl (C=O) groups excluding carboxylic acids is 1. The van der Waals surface area contributed by atoms with Crippen LogP contribution in [0.4, 0.5) is 0 Å². The number of aromatic nitrogens is 2. The first-order valence-corrected chi connectivity index (χ1v) is 8.98. The molecule has 2 aromatic carbocycles. The quantitative estimate of drug-likeness (QED) is 0.724. The van der Waals surface area contributed by atoms with Crippen LogP contribution in [0, 0.1) is 0 Å². The summed E-state index contributed by atoms with van der Waals surface area (Å²) in [5.41, 5.74) is 3.36. The fourth-order valence-electron chi connectivity index (χ4n) is 3.53. The number of ether oxygens (including phenoxy) is 1. The van der Waals surface area contributed by atoms with Gasteiger partial charge in [-0.15, -0.1) is 0 Å². The number of aromatic amines is 1. The average Bonchev–Trinajstić information content (AvgIpc) is 3.20. The average molecular weight is 363 g/mol. The van der Waals surface area contributed by atoms with E-state index in [1.54, 1.807) is 30.1 Å². The molecule has 2 heterocycles. The molecule has 6 heteroatoms. The van der Waals surface area contributed by atoms with Crippen LogP contribution in [0.2, 0.25) is 0 Å².